The van der Waals surface area contributed by atoms with Gasteiger partial charge in [0.1, 0.15) is 5.76 Å². The predicted molar refractivity (Wildman–Crippen MR) is 57.2 cm³/mol. The van der Waals surface area contributed by atoms with Gasteiger partial charge in [0.05, 0.1) is 19.4 Å². The number of aliphatic carboxylic acids is 1. The molecule has 3 N–H and O–H groups in total. The second-order valence-corrected chi connectivity index (χ2v) is 3.46. The molecule has 0 aromatic carbocycles. The third-order valence-corrected chi connectivity index (χ3v) is 2.10. The number of carbonyl (C=O) groups is 2. The number of carboxylic acid groups (broad SMARTS) is 1. The molecule has 0 unspecified atom stereocenters. The van der Waals surface area contributed by atoms with E-state index >= 15 is 0 Å². The van der Waals surface area contributed by atoms with E-state index in [0.29, 0.717) is 5.76 Å². The van der Waals surface area contributed by atoms with Crippen molar-refractivity contribution in [2.24, 2.45) is 0 Å². The van der Waals surface area contributed by atoms with Crippen LogP contribution in [0.5, 0.6) is 0 Å². The predicted octanol–water partition coefficient (Wildman–Crippen LogP) is -0.134. The van der Waals surface area contributed by atoms with E-state index < -0.39 is 24.6 Å². The summed E-state index contributed by atoms with van der Waals surface area (Å²) in [4.78, 5) is 23.4. The van der Waals surface area contributed by atoms with Crippen LogP contribution in [-0.2, 0) is 11.3 Å². The summed E-state index contributed by atoms with van der Waals surface area (Å²) in [5.41, 5.74) is 0. The van der Waals surface area contributed by atoms with E-state index in [0.717, 1.165) is 0 Å². The minimum atomic E-state index is -1.30. The fraction of sp³-hybridized carbons (Fsp3) is 0.400. The molecule has 1 aromatic rings. The lowest BCUT2D eigenvalue weighted by molar-refractivity contribution is -0.140. The second-order valence-electron chi connectivity index (χ2n) is 3.46. The average molecular weight is 242 g/mol. The van der Waals surface area contributed by atoms with E-state index in [4.69, 9.17) is 14.6 Å². The summed E-state index contributed by atoms with van der Waals surface area (Å²) in [5.74, 6) is -0.703. The molecule has 1 atom stereocenters. The highest BCUT2D eigenvalue weighted by molar-refractivity contribution is 5.82. The Morgan fingerprint density at radius 3 is 2.76 bits per heavy atom. The summed E-state index contributed by atoms with van der Waals surface area (Å²) in [5, 5.41) is 19.6. The monoisotopic (exact) mass is 242 g/mol. The number of nitrogens with zero attached hydrogens (tertiary/aromatic N) is 1. The van der Waals surface area contributed by atoms with Crippen molar-refractivity contribution in [3.05, 3.63) is 24.2 Å². The number of rotatable bonds is 5. The van der Waals surface area contributed by atoms with Gasteiger partial charge >= 0.3 is 12.0 Å². The van der Waals surface area contributed by atoms with Crippen LogP contribution >= 0.6 is 0 Å². The molecule has 0 fully saturated rings. The lowest BCUT2D eigenvalue weighted by Gasteiger charge is -2.19. The molecule has 7 heteroatoms. The fourth-order valence-corrected chi connectivity index (χ4v) is 1.15. The summed E-state index contributed by atoms with van der Waals surface area (Å²) in [6.07, 6.45) is 1.48. The molecule has 0 aliphatic carbocycles. The highest BCUT2D eigenvalue weighted by atomic mass is 16.4. The van der Waals surface area contributed by atoms with Crippen molar-refractivity contribution in [2.45, 2.75) is 12.6 Å². The number of hydrogen-bond acceptors (Lipinski definition) is 4. The van der Waals surface area contributed by atoms with Crippen LogP contribution in [0.3, 0.4) is 0 Å². The lowest BCUT2D eigenvalue weighted by atomic mass is 10.3. The first-order valence-corrected chi connectivity index (χ1v) is 4.92. The van der Waals surface area contributed by atoms with Crippen molar-refractivity contribution in [1.82, 2.24) is 10.2 Å². The Morgan fingerprint density at radius 2 is 2.29 bits per heavy atom. The van der Waals surface area contributed by atoms with E-state index in [1.807, 2.05) is 0 Å². The third-order valence-electron chi connectivity index (χ3n) is 2.10. The van der Waals surface area contributed by atoms with Crippen LogP contribution in [0.25, 0.3) is 0 Å². The first-order chi connectivity index (χ1) is 8.04. The number of hydrogen-bond donors (Lipinski definition) is 3. The molecule has 1 aromatic heterocycles. The molecule has 0 aliphatic heterocycles. The molecule has 17 heavy (non-hydrogen) atoms. The van der Waals surface area contributed by atoms with Gasteiger partial charge in [-0.3, -0.25) is 0 Å². The summed E-state index contributed by atoms with van der Waals surface area (Å²) in [7, 11) is 1.49. The van der Waals surface area contributed by atoms with Crippen molar-refractivity contribution < 1.29 is 24.2 Å². The fourth-order valence-electron chi connectivity index (χ4n) is 1.15. The molecule has 2 amide bonds. The van der Waals surface area contributed by atoms with E-state index in [1.165, 1.54) is 18.2 Å². The maximum absolute atomic E-state index is 11.5. The molecule has 7 nitrogen and oxygen atoms in total. The Morgan fingerprint density at radius 1 is 1.59 bits per heavy atom. The third kappa shape index (κ3) is 3.80. The van der Waals surface area contributed by atoms with Gasteiger partial charge < -0.3 is 24.8 Å². The first kappa shape index (κ1) is 13.0. The van der Waals surface area contributed by atoms with Crippen molar-refractivity contribution in [1.29, 1.82) is 0 Å². The molecular weight excluding hydrogens is 228 g/mol. The van der Waals surface area contributed by atoms with Gasteiger partial charge in [0.15, 0.2) is 6.04 Å². The molecule has 0 radical (unpaired) electrons. The summed E-state index contributed by atoms with van der Waals surface area (Å²) >= 11 is 0. The Labute approximate surface area is 97.6 Å². The standard InChI is InChI=1S/C10H14N2O5/c1-12(5-7-3-2-4-17-7)10(16)11-8(6-13)9(14)15/h2-4,8,13H,5-6H2,1H3,(H,11,16)(H,14,15)/t8-/m1/s1. The highest BCUT2D eigenvalue weighted by Crippen LogP contribution is 2.03. The van der Waals surface area contributed by atoms with Crippen LogP contribution in [0.1, 0.15) is 5.76 Å². The summed E-state index contributed by atoms with van der Waals surface area (Å²) in [6.45, 7) is -0.438. The van der Waals surface area contributed by atoms with Crippen molar-refractivity contribution in [3.8, 4) is 0 Å². The van der Waals surface area contributed by atoms with Crippen LogP contribution in [-0.4, -0.2) is 46.8 Å². The van der Waals surface area contributed by atoms with Gasteiger partial charge in [0.2, 0.25) is 0 Å². The number of aliphatic hydroxyl groups is 1. The number of amides is 2. The van der Waals surface area contributed by atoms with E-state index in [1.54, 1.807) is 12.1 Å². The van der Waals surface area contributed by atoms with Gasteiger partial charge in [-0.15, -0.1) is 0 Å². The van der Waals surface area contributed by atoms with Crippen LogP contribution in [0, 0.1) is 0 Å². The molecule has 0 bridgehead atoms. The zero-order chi connectivity index (χ0) is 12.8. The van der Waals surface area contributed by atoms with Crippen molar-refractivity contribution in [2.75, 3.05) is 13.7 Å². The maximum atomic E-state index is 11.5. The molecule has 1 rings (SSSR count). The van der Waals surface area contributed by atoms with Crippen LogP contribution in [0.2, 0.25) is 0 Å². The Kier molecular flexibility index (Phi) is 4.53. The number of urea groups is 1. The zero-order valence-electron chi connectivity index (χ0n) is 9.29. The Hall–Kier alpha value is -2.02. The molecule has 0 saturated heterocycles. The number of nitrogens with one attached hydrogen (secondary N) is 1. The van der Waals surface area contributed by atoms with Gasteiger partial charge in [0, 0.05) is 7.05 Å². The highest BCUT2D eigenvalue weighted by Gasteiger charge is 2.20. The van der Waals surface area contributed by atoms with Crippen LogP contribution in [0.15, 0.2) is 22.8 Å². The summed E-state index contributed by atoms with van der Waals surface area (Å²) in [6, 6.07) is 1.49. The van der Waals surface area contributed by atoms with Crippen molar-refractivity contribution >= 4 is 12.0 Å². The number of carboxylic acids is 1. The van der Waals surface area contributed by atoms with Crippen molar-refractivity contribution in [3.63, 3.8) is 0 Å². The van der Waals surface area contributed by atoms with E-state index in [9.17, 15) is 9.59 Å². The lowest BCUT2D eigenvalue weighted by Crippen LogP contribution is -2.48. The average Bonchev–Trinajstić information content (AvgIpc) is 2.77. The van der Waals surface area contributed by atoms with Gasteiger partial charge in [-0.2, -0.15) is 0 Å². The van der Waals surface area contributed by atoms with E-state index in [2.05, 4.69) is 5.32 Å². The number of aliphatic hydroxyl groups excluding tert-OH is 1. The van der Waals surface area contributed by atoms with Crippen LogP contribution in [0.4, 0.5) is 4.79 Å². The molecule has 0 saturated carbocycles. The zero-order valence-corrected chi connectivity index (χ0v) is 9.29. The largest absolute Gasteiger partial charge is 0.480 e. The minimum Gasteiger partial charge on any atom is -0.480 e. The van der Waals surface area contributed by atoms with Crippen LogP contribution < -0.4 is 5.32 Å². The molecule has 1 heterocycles. The number of carbonyl (C=O) groups excluding carboxylic acids is 1. The quantitative estimate of drug-likeness (QED) is 0.667. The smallest absolute Gasteiger partial charge is 0.328 e. The maximum Gasteiger partial charge on any atom is 0.328 e. The SMILES string of the molecule is CN(Cc1ccco1)C(=O)N[C@H](CO)C(=O)O. The normalized spacial score (nSPS) is 11.9. The minimum absolute atomic E-state index is 0.219. The molecule has 0 aliphatic rings. The van der Waals surface area contributed by atoms with E-state index in [-0.39, 0.29) is 6.54 Å². The topological polar surface area (TPSA) is 103 Å². The van der Waals surface area contributed by atoms with Gasteiger partial charge in [-0.05, 0) is 12.1 Å². The second kappa shape index (κ2) is 5.90. The molecular formula is C10H14N2O5. The Balaban J connectivity index is 2.49. The first-order valence-electron chi connectivity index (χ1n) is 4.92. The molecule has 0 spiro atoms. The summed E-state index contributed by atoms with van der Waals surface area (Å²) < 4.78 is 5.05. The van der Waals surface area contributed by atoms with Gasteiger partial charge in [-0.25, -0.2) is 9.59 Å². The Bertz CT molecular complexity index is 376. The molecule has 94 valence electrons. The number of furan rings is 1. The van der Waals surface area contributed by atoms with Gasteiger partial charge in [0.25, 0.3) is 0 Å². The van der Waals surface area contributed by atoms with Gasteiger partial charge in [-0.1, -0.05) is 0 Å².